The average molecular weight is 551 g/mol. The number of para-hydroxylation sites is 1. The van der Waals surface area contributed by atoms with E-state index in [4.69, 9.17) is 21.9 Å². The van der Waals surface area contributed by atoms with Crippen molar-refractivity contribution in [1.82, 2.24) is 14.9 Å². The average Bonchev–Trinajstić information content (AvgIpc) is 3.67. The lowest BCUT2D eigenvalue weighted by Gasteiger charge is -2.28. The molecule has 1 saturated carbocycles. The lowest BCUT2D eigenvalue weighted by molar-refractivity contribution is 0.210. The summed E-state index contributed by atoms with van der Waals surface area (Å²) in [7, 11) is 0. The summed E-state index contributed by atoms with van der Waals surface area (Å²) in [5.41, 5.74) is 9.64. The first-order chi connectivity index (χ1) is 19.5. The van der Waals surface area contributed by atoms with E-state index >= 15 is 0 Å². The van der Waals surface area contributed by atoms with E-state index in [0.29, 0.717) is 11.2 Å². The predicted octanol–water partition coefficient (Wildman–Crippen LogP) is 7.86. The fourth-order valence-electron chi connectivity index (χ4n) is 6.59. The molecule has 0 spiro atoms. The maximum atomic E-state index is 6.26. The van der Waals surface area contributed by atoms with Crippen LogP contribution in [0.2, 0.25) is 0 Å². The highest BCUT2D eigenvalue weighted by Crippen LogP contribution is 2.44. The normalized spacial score (nSPS) is 19.3. The lowest BCUT2D eigenvalue weighted by atomic mass is 9.96. The van der Waals surface area contributed by atoms with Crippen LogP contribution in [0.1, 0.15) is 78.5 Å². The van der Waals surface area contributed by atoms with Gasteiger partial charge in [0.2, 0.25) is 0 Å². The highest BCUT2D eigenvalue weighted by Gasteiger charge is 2.42. The molecule has 4 aromatic rings. The van der Waals surface area contributed by atoms with Crippen LogP contribution < -0.4 is 15.0 Å². The number of hydrogen-bond donors (Lipinski definition) is 1. The fourth-order valence-corrected chi connectivity index (χ4v) is 6.94. The quantitative estimate of drug-likeness (QED) is 0.237. The molecule has 2 atom stereocenters. The van der Waals surface area contributed by atoms with Gasteiger partial charge in [-0.1, -0.05) is 31.2 Å². The molecule has 6 heteroatoms. The van der Waals surface area contributed by atoms with E-state index in [1.807, 2.05) is 18.3 Å². The van der Waals surface area contributed by atoms with Crippen molar-refractivity contribution in [3.05, 3.63) is 107 Å². The van der Waals surface area contributed by atoms with Gasteiger partial charge < -0.3 is 19.5 Å². The standard InChI is InChI=1S/C34H38N4OS/c1-5-25-12-10-11-22(2)32(25)37-23(3)21-29(24(37)4)33-31(30-15-8-9-20-35-30)36-34(40)38(33)26-16-18-28(19-17-26)39-27-13-6-7-14-27/h8-12,15-21,27,31,33H,5-7,13-14H2,1-4H3,(H,36,40). The van der Waals surface area contributed by atoms with Crippen molar-refractivity contribution in [2.75, 3.05) is 4.90 Å². The van der Waals surface area contributed by atoms with Crippen LogP contribution in [0.3, 0.4) is 0 Å². The first-order valence-electron chi connectivity index (χ1n) is 14.5. The van der Waals surface area contributed by atoms with Gasteiger partial charge in [0.15, 0.2) is 5.11 Å². The Hall–Kier alpha value is -3.64. The molecule has 5 nitrogen and oxygen atoms in total. The molecule has 1 aliphatic carbocycles. The van der Waals surface area contributed by atoms with Crippen molar-refractivity contribution in [3.8, 4) is 11.4 Å². The molecular formula is C34H38N4OS. The van der Waals surface area contributed by atoms with Gasteiger partial charge in [0.05, 0.1) is 29.6 Å². The second kappa shape index (κ2) is 11.1. The van der Waals surface area contributed by atoms with Crippen LogP contribution in [0.25, 0.3) is 5.69 Å². The molecule has 1 saturated heterocycles. The molecule has 2 fully saturated rings. The minimum absolute atomic E-state index is 0.0574. The first kappa shape index (κ1) is 26.6. The van der Waals surface area contributed by atoms with E-state index in [1.54, 1.807) is 0 Å². The zero-order valence-electron chi connectivity index (χ0n) is 23.9. The van der Waals surface area contributed by atoms with Crippen LogP contribution in [0.5, 0.6) is 5.75 Å². The minimum Gasteiger partial charge on any atom is -0.490 e. The number of nitrogens with zero attached hydrogens (tertiary/aromatic N) is 3. The summed E-state index contributed by atoms with van der Waals surface area (Å²) in [6.07, 6.45) is 7.98. The molecule has 40 heavy (non-hydrogen) atoms. The molecule has 1 aliphatic heterocycles. The van der Waals surface area contributed by atoms with Gasteiger partial charge in [0.1, 0.15) is 5.75 Å². The van der Waals surface area contributed by atoms with E-state index in [1.165, 1.54) is 46.6 Å². The Labute approximate surface area is 243 Å². The largest absolute Gasteiger partial charge is 0.490 e. The molecule has 2 aromatic carbocycles. The number of aryl methyl sites for hydroxylation is 3. The van der Waals surface area contributed by atoms with Crippen LogP contribution in [-0.4, -0.2) is 20.8 Å². The zero-order chi connectivity index (χ0) is 27.8. The molecule has 2 aliphatic rings. The van der Waals surface area contributed by atoms with Crippen molar-refractivity contribution in [3.63, 3.8) is 0 Å². The summed E-state index contributed by atoms with van der Waals surface area (Å²) in [5, 5.41) is 4.33. The minimum atomic E-state index is -0.0837. The molecule has 1 N–H and O–H groups in total. The van der Waals surface area contributed by atoms with Crippen LogP contribution in [-0.2, 0) is 6.42 Å². The Bertz CT molecular complexity index is 1510. The van der Waals surface area contributed by atoms with Gasteiger partial charge in [-0.3, -0.25) is 4.98 Å². The molecule has 0 bridgehead atoms. The van der Waals surface area contributed by atoms with Crippen molar-refractivity contribution in [1.29, 1.82) is 0 Å². The van der Waals surface area contributed by atoms with Gasteiger partial charge in [-0.05, 0) is 124 Å². The summed E-state index contributed by atoms with van der Waals surface area (Å²) < 4.78 is 8.69. The summed E-state index contributed by atoms with van der Waals surface area (Å²) in [4.78, 5) is 7.02. The van der Waals surface area contributed by atoms with E-state index < -0.39 is 0 Å². The lowest BCUT2D eigenvalue weighted by Crippen LogP contribution is -2.29. The molecule has 206 valence electrons. The van der Waals surface area contributed by atoms with Gasteiger partial charge >= 0.3 is 0 Å². The highest BCUT2D eigenvalue weighted by molar-refractivity contribution is 7.80. The molecule has 3 heterocycles. The molecule has 6 rings (SSSR count). The van der Waals surface area contributed by atoms with Gasteiger partial charge in [-0.25, -0.2) is 0 Å². The Morgan fingerprint density at radius 2 is 1.75 bits per heavy atom. The number of ether oxygens (including phenoxy) is 1. The number of hydrogen-bond acceptors (Lipinski definition) is 3. The molecular weight excluding hydrogens is 512 g/mol. The molecule has 2 unspecified atom stereocenters. The third-order valence-corrected chi connectivity index (χ3v) is 8.85. The topological polar surface area (TPSA) is 42.3 Å². The van der Waals surface area contributed by atoms with Crippen molar-refractivity contribution >= 4 is 23.0 Å². The van der Waals surface area contributed by atoms with Gasteiger partial charge in [0, 0.05) is 23.3 Å². The van der Waals surface area contributed by atoms with Crippen LogP contribution in [0, 0.1) is 20.8 Å². The molecule has 0 radical (unpaired) electrons. The molecule has 0 amide bonds. The van der Waals surface area contributed by atoms with Gasteiger partial charge in [-0.15, -0.1) is 0 Å². The van der Waals surface area contributed by atoms with Crippen molar-refractivity contribution in [2.24, 2.45) is 0 Å². The van der Waals surface area contributed by atoms with E-state index in [9.17, 15) is 0 Å². The van der Waals surface area contributed by atoms with Crippen LogP contribution in [0.15, 0.2) is 72.9 Å². The van der Waals surface area contributed by atoms with Crippen LogP contribution in [0.4, 0.5) is 5.69 Å². The van der Waals surface area contributed by atoms with E-state index in [2.05, 4.69) is 97.1 Å². The third-order valence-electron chi connectivity index (χ3n) is 8.53. The Balaban J connectivity index is 1.44. The monoisotopic (exact) mass is 550 g/mol. The number of nitrogens with one attached hydrogen (secondary N) is 1. The molecule has 2 aromatic heterocycles. The fraction of sp³-hybridized carbons (Fsp3) is 0.353. The highest BCUT2D eigenvalue weighted by atomic mass is 32.1. The number of pyridine rings is 1. The van der Waals surface area contributed by atoms with E-state index in [-0.39, 0.29) is 12.1 Å². The maximum Gasteiger partial charge on any atom is 0.174 e. The summed E-state index contributed by atoms with van der Waals surface area (Å²) in [6, 6.07) is 23.4. The number of benzene rings is 2. The summed E-state index contributed by atoms with van der Waals surface area (Å²) >= 11 is 6.01. The zero-order valence-corrected chi connectivity index (χ0v) is 24.7. The van der Waals surface area contributed by atoms with Gasteiger partial charge in [0.25, 0.3) is 0 Å². The van der Waals surface area contributed by atoms with Crippen LogP contribution >= 0.6 is 12.2 Å². The summed E-state index contributed by atoms with van der Waals surface area (Å²) in [6.45, 7) is 8.88. The maximum absolute atomic E-state index is 6.26. The third kappa shape index (κ3) is 4.79. The predicted molar refractivity (Wildman–Crippen MR) is 167 cm³/mol. The van der Waals surface area contributed by atoms with Gasteiger partial charge in [-0.2, -0.15) is 0 Å². The van der Waals surface area contributed by atoms with E-state index in [0.717, 1.165) is 36.4 Å². The number of thiocarbonyl (C=S) groups is 1. The number of anilines is 1. The smallest absolute Gasteiger partial charge is 0.174 e. The Kier molecular flexibility index (Phi) is 7.37. The second-order valence-corrected chi connectivity index (χ2v) is 11.5. The SMILES string of the molecule is CCc1cccc(C)c1-n1c(C)cc(C2C(c3ccccn3)NC(=S)N2c2ccc(OC3CCCC3)cc2)c1C. The van der Waals surface area contributed by atoms with Crippen molar-refractivity contribution < 1.29 is 4.74 Å². The Morgan fingerprint density at radius 3 is 2.45 bits per heavy atom. The first-order valence-corrected chi connectivity index (χ1v) is 14.9. The second-order valence-electron chi connectivity index (χ2n) is 11.1. The summed E-state index contributed by atoms with van der Waals surface area (Å²) in [5.74, 6) is 0.927. The number of aromatic nitrogens is 2. The Morgan fingerprint density at radius 1 is 0.975 bits per heavy atom. The van der Waals surface area contributed by atoms with Crippen molar-refractivity contribution in [2.45, 2.75) is 78.0 Å². The number of rotatable bonds is 7.